The average Bonchev–Trinajstić information content (AvgIpc) is 2.63. The molecule has 0 atom stereocenters. The SMILES string of the molecule is [Cl][Pd][Cl].c1ccc2cnccc2c1.c1ccc2cnccc2c1. The van der Waals surface area contributed by atoms with Crippen LogP contribution < -0.4 is 0 Å². The van der Waals surface area contributed by atoms with Crippen molar-refractivity contribution in [2.45, 2.75) is 0 Å². The summed E-state index contributed by atoms with van der Waals surface area (Å²) in [5.41, 5.74) is 0. The second kappa shape index (κ2) is 10.3. The van der Waals surface area contributed by atoms with Crippen LogP contribution in [0.25, 0.3) is 21.5 Å². The molecule has 2 nitrogen and oxygen atoms in total. The fourth-order valence-corrected chi connectivity index (χ4v) is 2.05. The molecule has 0 fully saturated rings. The molecule has 5 heteroatoms. The van der Waals surface area contributed by atoms with Crippen LogP contribution in [0.4, 0.5) is 0 Å². The van der Waals surface area contributed by atoms with Gasteiger partial charge in [0.2, 0.25) is 0 Å². The zero-order valence-corrected chi connectivity index (χ0v) is 15.1. The van der Waals surface area contributed by atoms with Gasteiger partial charge in [0.1, 0.15) is 0 Å². The number of hydrogen-bond acceptors (Lipinski definition) is 2. The number of pyridine rings is 2. The van der Waals surface area contributed by atoms with Crippen molar-refractivity contribution in [3.8, 4) is 0 Å². The van der Waals surface area contributed by atoms with Gasteiger partial charge in [-0.15, -0.1) is 0 Å². The van der Waals surface area contributed by atoms with E-state index < -0.39 is 0 Å². The Labute approximate surface area is 151 Å². The van der Waals surface area contributed by atoms with E-state index in [1.54, 1.807) is 0 Å². The third kappa shape index (κ3) is 5.90. The van der Waals surface area contributed by atoms with E-state index in [1.165, 1.54) is 21.5 Å². The van der Waals surface area contributed by atoms with Crippen LogP contribution in [0.2, 0.25) is 0 Å². The van der Waals surface area contributed by atoms with Gasteiger partial charge < -0.3 is 0 Å². The van der Waals surface area contributed by atoms with Crippen molar-refractivity contribution in [3.05, 3.63) is 85.5 Å². The Morgan fingerprint density at radius 2 is 0.913 bits per heavy atom. The van der Waals surface area contributed by atoms with Crippen molar-refractivity contribution < 1.29 is 15.9 Å². The van der Waals surface area contributed by atoms with E-state index in [-0.39, 0.29) is 15.9 Å². The molecule has 0 saturated carbocycles. The predicted octanol–water partition coefficient (Wildman–Crippen LogP) is 5.85. The molecule has 0 aliphatic rings. The molecule has 0 unspecified atom stereocenters. The number of nitrogens with zero attached hydrogens (tertiary/aromatic N) is 2. The molecule has 2 heterocycles. The molecule has 0 spiro atoms. The Bertz CT molecular complexity index is 653. The molecule has 4 aromatic rings. The number of aromatic nitrogens is 2. The van der Waals surface area contributed by atoms with Crippen LogP contribution in [-0.4, -0.2) is 9.97 Å². The first-order chi connectivity index (χ1) is 11.3. The van der Waals surface area contributed by atoms with Crippen LogP contribution in [0, 0.1) is 0 Å². The van der Waals surface area contributed by atoms with Gasteiger partial charge in [-0.25, -0.2) is 0 Å². The minimum Gasteiger partial charge on any atom is -0.264 e. The topological polar surface area (TPSA) is 25.8 Å². The minimum absolute atomic E-state index is 0.106. The summed E-state index contributed by atoms with van der Waals surface area (Å²) in [5.74, 6) is 0. The van der Waals surface area contributed by atoms with Crippen molar-refractivity contribution in [2.24, 2.45) is 0 Å². The van der Waals surface area contributed by atoms with Gasteiger partial charge in [0, 0.05) is 24.8 Å². The molecule has 0 N–H and O–H groups in total. The Hall–Kier alpha value is -1.50. The van der Waals surface area contributed by atoms with Crippen LogP contribution in [0.15, 0.2) is 85.5 Å². The molecular formula is C18H14Cl2N2Pd. The van der Waals surface area contributed by atoms with Crippen LogP contribution in [-0.2, 0) is 15.9 Å². The number of rotatable bonds is 0. The van der Waals surface area contributed by atoms with Gasteiger partial charge in [-0.2, -0.15) is 0 Å². The molecule has 120 valence electrons. The Morgan fingerprint density at radius 3 is 1.26 bits per heavy atom. The van der Waals surface area contributed by atoms with Crippen molar-refractivity contribution >= 4 is 40.6 Å². The Kier molecular flexibility index (Phi) is 8.00. The summed E-state index contributed by atoms with van der Waals surface area (Å²) < 4.78 is 0. The summed E-state index contributed by atoms with van der Waals surface area (Å²) in [6.07, 6.45) is 7.36. The van der Waals surface area contributed by atoms with Gasteiger partial charge >= 0.3 is 35.0 Å². The van der Waals surface area contributed by atoms with Gasteiger partial charge in [0.05, 0.1) is 0 Å². The quantitative estimate of drug-likeness (QED) is 0.324. The van der Waals surface area contributed by atoms with Gasteiger partial charge in [0.15, 0.2) is 0 Å². The molecule has 2 aromatic heterocycles. The van der Waals surface area contributed by atoms with E-state index in [1.807, 2.05) is 61.2 Å². The first-order valence-corrected chi connectivity index (χ1v) is 10.8. The summed E-state index contributed by atoms with van der Waals surface area (Å²) in [6.45, 7) is 0. The van der Waals surface area contributed by atoms with E-state index in [4.69, 9.17) is 19.1 Å². The summed E-state index contributed by atoms with van der Waals surface area (Å²) in [4.78, 5) is 8.03. The molecule has 0 bridgehead atoms. The normalized spacial score (nSPS) is 9.65. The Morgan fingerprint density at radius 1 is 0.565 bits per heavy atom. The van der Waals surface area contributed by atoms with E-state index >= 15 is 0 Å². The molecule has 0 aliphatic heterocycles. The molecule has 4 rings (SSSR count). The largest absolute Gasteiger partial charge is 0.264 e. The van der Waals surface area contributed by atoms with E-state index in [0.29, 0.717) is 0 Å². The third-order valence-electron chi connectivity index (χ3n) is 3.10. The zero-order chi connectivity index (χ0) is 16.3. The maximum atomic E-state index is 4.81. The molecule has 0 radical (unpaired) electrons. The van der Waals surface area contributed by atoms with Gasteiger partial charge in [-0.1, -0.05) is 48.5 Å². The third-order valence-corrected chi connectivity index (χ3v) is 3.10. The maximum Gasteiger partial charge on any atom is 0.0346 e. The summed E-state index contributed by atoms with van der Waals surface area (Å²) in [6, 6.07) is 20.4. The fraction of sp³-hybridized carbons (Fsp3) is 0. The molecular weight excluding hydrogens is 422 g/mol. The standard InChI is InChI=1S/2C9H7N.2ClH.Pd/c2*1-2-4-9-7-10-6-5-8(9)3-1;;;/h2*1-7H;2*1H;/q;;;;+2/p-2. The first kappa shape index (κ1) is 17.8. The Balaban J connectivity index is 0.000000143. The van der Waals surface area contributed by atoms with Gasteiger partial charge in [-0.05, 0) is 33.7 Å². The summed E-state index contributed by atoms with van der Waals surface area (Å²) in [5, 5.41) is 4.89. The van der Waals surface area contributed by atoms with Crippen molar-refractivity contribution in [1.29, 1.82) is 0 Å². The van der Waals surface area contributed by atoms with E-state index in [0.717, 1.165) is 0 Å². The monoisotopic (exact) mass is 434 g/mol. The smallest absolute Gasteiger partial charge is 0.0346 e. The van der Waals surface area contributed by atoms with Crippen LogP contribution in [0.3, 0.4) is 0 Å². The van der Waals surface area contributed by atoms with Gasteiger partial charge in [0.25, 0.3) is 0 Å². The van der Waals surface area contributed by atoms with E-state index in [9.17, 15) is 0 Å². The van der Waals surface area contributed by atoms with Gasteiger partial charge in [-0.3, -0.25) is 9.97 Å². The molecule has 0 saturated heterocycles. The number of halogens is 2. The fourth-order valence-electron chi connectivity index (χ4n) is 2.05. The number of benzene rings is 2. The van der Waals surface area contributed by atoms with Crippen LogP contribution in [0.1, 0.15) is 0 Å². The molecule has 0 aliphatic carbocycles. The summed E-state index contributed by atoms with van der Waals surface area (Å²) in [7, 11) is 9.63. The molecule has 0 amide bonds. The first-order valence-electron chi connectivity index (χ1n) is 6.75. The number of fused-ring (bicyclic) bond motifs is 2. The van der Waals surface area contributed by atoms with Crippen LogP contribution in [0.5, 0.6) is 0 Å². The van der Waals surface area contributed by atoms with E-state index in [2.05, 4.69) is 34.2 Å². The van der Waals surface area contributed by atoms with Crippen molar-refractivity contribution in [3.63, 3.8) is 0 Å². The zero-order valence-electron chi connectivity index (χ0n) is 12.0. The van der Waals surface area contributed by atoms with Crippen molar-refractivity contribution in [1.82, 2.24) is 9.97 Å². The second-order valence-corrected chi connectivity index (χ2v) is 6.85. The predicted molar refractivity (Wildman–Crippen MR) is 95.2 cm³/mol. The molecule has 23 heavy (non-hydrogen) atoms. The maximum absolute atomic E-state index is 4.81. The number of hydrogen-bond donors (Lipinski definition) is 0. The van der Waals surface area contributed by atoms with Crippen molar-refractivity contribution in [2.75, 3.05) is 0 Å². The summed E-state index contributed by atoms with van der Waals surface area (Å²) >= 11 is -0.106. The molecule has 2 aromatic carbocycles. The van der Waals surface area contributed by atoms with Crippen LogP contribution >= 0.6 is 19.1 Å². The minimum atomic E-state index is -0.106. The average molecular weight is 436 g/mol. The second-order valence-electron chi connectivity index (χ2n) is 4.49.